The summed E-state index contributed by atoms with van der Waals surface area (Å²) in [5, 5.41) is 3.65. The van der Waals surface area contributed by atoms with E-state index in [1.54, 1.807) is 0 Å². The van der Waals surface area contributed by atoms with Gasteiger partial charge in [0.1, 0.15) is 0 Å². The van der Waals surface area contributed by atoms with Crippen LogP contribution in [0.25, 0.3) is 0 Å². The van der Waals surface area contributed by atoms with Crippen molar-refractivity contribution in [1.82, 2.24) is 5.32 Å². The lowest BCUT2D eigenvalue weighted by Crippen LogP contribution is -2.24. The number of benzene rings is 2. The second-order valence-corrected chi connectivity index (χ2v) is 7.69. The summed E-state index contributed by atoms with van der Waals surface area (Å²) in [6.45, 7) is 3.21. The summed E-state index contributed by atoms with van der Waals surface area (Å²) in [5.41, 5.74) is 2.61. The van der Waals surface area contributed by atoms with Gasteiger partial charge in [-0.25, -0.2) is 0 Å². The van der Waals surface area contributed by atoms with Gasteiger partial charge in [0.25, 0.3) is 0 Å². The van der Waals surface area contributed by atoms with Gasteiger partial charge in [-0.2, -0.15) is 0 Å². The highest BCUT2D eigenvalue weighted by Gasteiger charge is 2.14. The van der Waals surface area contributed by atoms with Crippen molar-refractivity contribution in [2.75, 3.05) is 6.54 Å². The van der Waals surface area contributed by atoms with Crippen molar-refractivity contribution in [2.45, 2.75) is 25.8 Å². The highest BCUT2D eigenvalue weighted by Crippen LogP contribution is 2.28. The van der Waals surface area contributed by atoms with E-state index < -0.39 is 0 Å². The predicted octanol–water partition coefficient (Wildman–Crippen LogP) is 6.26. The Kier molecular flexibility index (Phi) is 6.93. The molecule has 0 spiro atoms. The summed E-state index contributed by atoms with van der Waals surface area (Å²) in [6.07, 6.45) is 2.09. The van der Waals surface area contributed by atoms with Crippen molar-refractivity contribution in [3.63, 3.8) is 0 Å². The van der Waals surface area contributed by atoms with Gasteiger partial charge in [0.2, 0.25) is 0 Å². The summed E-state index contributed by atoms with van der Waals surface area (Å²) in [4.78, 5) is 0. The quantitative estimate of drug-likeness (QED) is 0.520. The number of rotatable bonds is 6. The fraction of sp³-hybridized carbons (Fsp3) is 0.294. The van der Waals surface area contributed by atoms with E-state index in [0.29, 0.717) is 6.04 Å². The van der Waals surface area contributed by atoms with E-state index >= 15 is 0 Å². The maximum atomic E-state index is 3.65. The summed E-state index contributed by atoms with van der Waals surface area (Å²) < 4.78 is 3.37. The first-order valence-corrected chi connectivity index (χ1v) is 9.41. The molecule has 0 heterocycles. The van der Waals surface area contributed by atoms with Crippen molar-refractivity contribution in [3.8, 4) is 0 Å². The van der Waals surface area contributed by atoms with E-state index in [0.717, 1.165) is 28.3 Å². The molecule has 0 fully saturated rings. The van der Waals surface area contributed by atoms with Crippen LogP contribution < -0.4 is 5.32 Å². The first-order chi connectivity index (χ1) is 10.1. The van der Waals surface area contributed by atoms with Gasteiger partial charge < -0.3 is 5.32 Å². The summed E-state index contributed by atoms with van der Waals surface area (Å²) in [5.74, 6) is 0. The minimum Gasteiger partial charge on any atom is -0.310 e. The van der Waals surface area contributed by atoms with Crippen LogP contribution in [0.1, 0.15) is 30.5 Å². The van der Waals surface area contributed by atoms with Gasteiger partial charge in [-0.3, -0.25) is 0 Å². The fourth-order valence-corrected chi connectivity index (χ4v) is 4.06. The normalized spacial score (nSPS) is 12.4. The van der Waals surface area contributed by atoms with Crippen molar-refractivity contribution >= 4 is 47.8 Å². The average molecular weight is 476 g/mol. The minimum atomic E-state index is 0.303. The molecule has 0 saturated carbocycles. The third-order valence-corrected chi connectivity index (χ3v) is 5.00. The van der Waals surface area contributed by atoms with Gasteiger partial charge in [0.15, 0.2) is 0 Å². The van der Waals surface area contributed by atoms with Crippen molar-refractivity contribution in [2.24, 2.45) is 0 Å². The van der Waals surface area contributed by atoms with E-state index in [9.17, 15) is 0 Å². The predicted molar refractivity (Wildman–Crippen MR) is 101 cm³/mol. The Hall–Kier alpha value is -0.160. The van der Waals surface area contributed by atoms with Crippen LogP contribution in [-0.4, -0.2) is 6.54 Å². The Labute approximate surface area is 151 Å². The molecule has 1 nitrogen and oxygen atoms in total. The van der Waals surface area contributed by atoms with Crippen LogP contribution >= 0.6 is 47.8 Å². The zero-order chi connectivity index (χ0) is 15.2. The smallest absolute Gasteiger partial charge is 0.0362 e. The van der Waals surface area contributed by atoms with Crippen LogP contribution in [0.4, 0.5) is 0 Å². The Morgan fingerprint density at radius 2 is 1.67 bits per heavy atom. The monoisotopic (exact) mass is 473 g/mol. The second kappa shape index (κ2) is 8.47. The molecule has 4 heteroatoms. The molecule has 2 aromatic rings. The third kappa shape index (κ3) is 5.20. The topological polar surface area (TPSA) is 12.0 Å². The molecule has 1 atom stereocenters. The van der Waals surface area contributed by atoms with Gasteiger partial charge in [-0.15, -0.1) is 0 Å². The van der Waals surface area contributed by atoms with Crippen LogP contribution in [0, 0.1) is 0 Å². The molecule has 0 aliphatic heterocycles. The maximum absolute atomic E-state index is 3.65. The highest BCUT2D eigenvalue weighted by atomic mass is 79.9. The van der Waals surface area contributed by atoms with Gasteiger partial charge in [-0.1, -0.05) is 72.9 Å². The number of nitrogens with one attached hydrogen (secondary N) is 1. The molecule has 1 unspecified atom stereocenters. The lowest BCUT2D eigenvalue weighted by molar-refractivity contribution is 0.528. The molecule has 112 valence electrons. The van der Waals surface area contributed by atoms with E-state index in [1.165, 1.54) is 15.6 Å². The minimum absolute atomic E-state index is 0.303. The zero-order valence-electron chi connectivity index (χ0n) is 11.9. The Bertz CT molecular complexity index is 578. The van der Waals surface area contributed by atoms with Crippen LogP contribution in [0.5, 0.6) is 0 Å². The van der Waals surface area contributed by atoms with Gasteiger partial charge in [0.05, 0.1) is 0 Å². The van der Waals surface area contributed by atoms with E-state index in [4.69, 9.17) is 0 Å². The molecule has 0 aromatic heterocycles. The molecular weight excluding hydrogens is 458 g/mol. The Morgan fingerprint density at radius 3 is 2.29 bits per heavy atom. The molecule has 0 aliphatic rings. The number of hydrogen-bond acceptors (Lipinski definition) is 1. The molecule has 2 rings (SSSR count). The van der Waals surface area contributed by atoms with Crippen LogP contribution in [0.2, 0.25) is 0 Å². The Morgan fingerprint density at radius 1 is 1.00 bits per heavy atom. The van der Waals surface area contributed by atoms with Crippen LogP contribution in [-0.2, 0) is 6.42 Å². The standard InChI is InChI=1S/C17H18Br3N/c1-2-7-21-17(10-12-5-3-4-6-16(12)20)13-8-14(18)11-15(19)9-13/h3-6,8-9,11,17,21H,2,7,10H2,1H3. The van der Waals surface area contributed by atoms with Gasteiger partial charge in [-0.05, 0) is 54.8 Å². The van der Waals surface area contributed by atoms with Crippen molar-refractivity contribution in [1.29, 1.82) is 0 Å². The Balaban J connectivity index is 2.27. The SMILES string of the molecule is CCCNC(Cc1ccccc1Br)c1cc(Br)cc(Br)c1. The van der Waals surface area contributed by atoms with Crippen LogP contribution in [0.15, 0.2) is 55.9 Å². The van der Waals surface area contributed by atoms with E-state index in [2.05, 4.69) is 102 Å². The highest BCUT2D eigenvalue weighted by molar-refractivity contribution is 9.11. The first kappa shape index (κ1) is 17.2. The molecule has 2 aromatic carbocycles. The molecule has 1 N–H and O–H groups in total. The summed E-state index contributed by atoms with van der Waals surface area (Å²) in [7, 11) is 0. The third-order valence-electron chi connectivity index (χ3n) is 3.31. The zero-order valence-corrected chi connectivity index (χ0v) is 16.6. The molecule has 0 saturated heterocycles. The lowest BCUT2D eigenvalue weighted by Gasteiger charge is -2.20. The molecule has 0 bridgehead atoms. The van der Waals surface area contributed by atoms with Crippen LogP contribution in [0.3, 0.4) is 0 Å². The molecule has 0 aliphatic carbocycles. The molecule has 0 amide bonds. The number of halogens is 3. The van der Waals surface area contributed by atoms with Crippen molar-refractivity contribution < 1.29 is 0 Å². The molecule has 0 radical (unpaired) electrons. The van der Waals surface area contributed by atoms with Gasteiger partial charge in [0, 0.05) is 19.5 Å². The van der Waals surface area contributed by atoms with E-state index in [-0.39, 0.29) is 0 Å². The first-order valence-electron chi connectivity index (χ1n) is 7.03. The number of hydrogen-bond donors (Lipinski definition) is 1. The fourth-order valence-electron chi connectivity index (χ4n) is 2.29. The van der Waals surface area contributed by atoms with Gasteiger partial charge >= 0.3 is 0 Å². The summed E-state index contributed by atoms with van der Waals surface area (Å²) >= 11 is 10.8. The summed E-state index contributed by atoms with van der Waals surface area (Å²) in [6, 6.07) is 15.2. The largest absolute Gasteiger partial charge is 0.310 e. The maximum Gasteiger partial charge on any atom is 0.0362 e. The molecular formula is C17H18Br3N. The second-order valence-electron chi connectivity index (χ2n) is 5.01. The van der Waals surface area contributed by atoms with E-state index in [1.807, 2.05) is 0 Å². The average Bonchev–Trinajstić information content (AvgIpc) is 2.44. The molecule has 21 heavy (non-hydrogen) atoms. The lowest BCUT2D eigenvalue weighted by atomic mass is 9.99. The van der Waals surface area contributed by atoms with Crippen molar-refractivity contribution in [3.05, 3.63) is 67.0 Å².